The van der Waals surface area contributed by atoms with E-state index in [1.807, 2.05) is 0 Å². The number of hydrogen-bond donors (Lipinski definition) is 1. The fourth-order valence-electron chi connectivity index (χ4n) is 0.911. The lowest BCUT2D eigenvalue weighted by atomic mass is 10.3. The number of nitrogens with one attached hydrogen (secondary N) is 1. The Morgan fingerprint density at radius 1 is 1.67 bits per heavy atom. The quantitative estimate of drug-likeness (QED) is 0.694. The summed E-state index contributed by atoms with van der Waals surface area (Å²) in [7, 11) is -3.06. The van der Waals surface area contributed by atoms with Crippen LogP contribution in [0.1, 0.15) is 0 Å². The summed E-state index contributed by atoms with van der Waals surface area (Å²) in [5.74, 6) is -0.229. The summed E-state index contributed by atoms with van der Waals surface area (Å²) in [4.78, 5) is 10.8. The number of alkyl halides is 1. The highest BCUT2D eigenvalue weighted by molar-refractivity contribution is 9.09. The molecule has 68 valence electrons. The molecular weight excluding hydrogens is 246 g/mol. The second-order valence-corrected chi connectivity index (χ2v) is 4.96. The number of hydrogen-bond acceptors (Lipinski definition) is 3. The van der Waals surface area contributed by atoms with Gasteiger partial charge in [0.25, 0.3) is 0 Å². The first-order valence-corrected chi connectivity index (χ1v) is 6.13. The van der Waals surface area contributed by atoms with Gasteiger partial charge in [-0.1, -0.05) is 15.9 Å². The van der Waals surface area contributed by atoms with Crippen molar-refractivity contribution in [1.29, 1.82) is 0 Å². The van der Waals surface area contributed by atoms with E-state index in [1.165, 1.54) is 6.08 Å². The Balaban J connectivity index is 2.51. The lowest BCUT2D eigenvalue weighted by Crippen LogP contribution is -2.36. The van der Waals surface area contributed by atoms with Crippen LogP contribution >= 0.6 is 15.9 Å². The fourth-order valence-corrected chi connectivity index (χ4v) is 2.31. The predicted octanol–water partition coefficient (Wildman–Crippen LogP) is -0.192. The molecule has 0 saturated heterocycles. The van der Waals surface area contributed by atoms with E-state index in [4.69, 9.17) is 0 Å². The molecule has 0 bridgehead atoms. The molecule has 1 N–H and O–H groups in total. The molecule has 0 fully saturated rings. The number of amides is 1. The zero-order valence-corrected chi connectivity index (χ0v) is 8.56. The zero-order chi connectivity index (χ0) is 9.19. The maximum absolute atomic E-state index is 10.9. The summed E-state index contributed by atoms with van der Waals surface area (Å²) in [6, 6.07) is -0.361. The molecule has 1 heterocycles. The van der Waals surface area contributed by atoms with Crippen LogP contribution in [0, 0.1) is 0 Å². The van der Waals surface area contributed by atoms with E-state index in [-0.39, 0.29) is 23.0 Å². The van der Waals surface area contributed by atoms with Crippen LogP contribution in [-0.4, -0.2) is 31.4 Å². The number of rotatable bonds is 2. The van der Waals surface area contributed by atoms with Gasteiger partial charge in [0.1, 0.15) is 0 Å². The van der Waals surface area contributed by atoms with E-state index in [0.29, 0.717) is 0 Å². The van der Waals surface area contributed by atoms with Gasteiger partial charge in [-0.3, -0.25) is 4.79 Å². The van der Waals surface area contributed by atoms with Gasteiger partial charge in [0, 0.05) is 5.41 Å². The van der Waals surface area contributed by atoms with Gasteiger partial charge in [0.05, 0.1) is 17.1 Å². The molecule has 6 heteroatoms. The molecule has 12 heavy (non-hydrogen) atoms. The van der Waals surface area contributed by atoms with Crippen LogP contribution in [0.5, 0.6) is 0 Å². The lowest BCUT2D eigenvalue weighted by molar-refractivity contribution is -0.118. The summed E-state index contributed by atoms with van der Waals surface area (Å²) in [6.45, 7) is 0. The summed E-state index contributed by atoms with van der Waals surface area (Å²) in [5.41, 5.74) is 0. The first kappa shape index (κ1) is 9.73. The van der Waals surface area contributed by atoms with Crippen molar-refractivity contribution >= 4 is 31.7 Å². The van der Waals surface area contributed by atoms with Gasteiger partial charge in [0.2, 0.25) is 5.91 Å². The predicted molar refractivity (Wildman–Crippen MR) is 48.7 cm³/mol. The Morgan fingerprint density at radius 3 is 2.75 bits per heavy atom. The maximum atomic E-state index is 10.9. The second kappa shape index (κ2) is 3.57. The highest BCUT2D eigenvalue weighted by Gasteiger charge is 2.22. The van der Waals surface area contributed by atoms with E-state index >= 15 is 0 Å². The van der Waals surface area contributed by atoms with Gasteiger partial charge in [0.15, 0.2) is 9.84 Å². The Kier molecular flexibility index (Phi) is 2.89. The zero-order valence-electron chi connectivity index (χ0n) is 6.16. The topological polar surface area (TPSA) is 63.2 Å². The van der Waals surface area contributed by atoms with Crippen LogP contribution < -0.4 is 5.32 Å². The molecule has 1 aliphatic heterocycles. The third-order valence-electron chi connectivity index (χ3n) is 1.40. The highest BCUT2D eigenvalue weighted by Crippen LogP contribution is 2.07. The van der Waals surface area contributed by atoms with Crippen molar-refractivity contribution in [2.24, 2.45) is 0 Å². The van der Waals surface area contributed by atoms with Crippen LogP contribution in [-0.2, 0) is 14.6 Å². The van der Waals surface area contributed by atoms with Gasteiger partial charge in [-0.05, 0) is 6.08 Å². The molecule has 0 saturated carbocycles. The number of carbonyl (C=O) groups is 1. The normalized spacial score (nSPS) is 25.6. The smallest absolute Gasteiger partial charge is 0.231 e. The van der Waals surface area contributed by atoms with Crippen molar-refractivity contribution < 1.29 is 13.2 Å². The van der Waals surface area contributed by atoms with Crippen LogP contribution in [0.2, 0.25) is 0 Å². The molecule has 1 rings (SSSR count). The van der Waals surface area contributed by atoms with Crippen LogP contribution in [0.3, 0.4) is 0 Å². The molecule has 1 unspecified atom stereocenters. The lowest BCUT2D eigenvalue weighted by Gasteiger charge is -2.07. The van der Waals surface area contributed by atoms with Gasteiger partial charge in [-0.15, -0.1) is 0 Å². The van der Waals surface area contributed by atoms with Gasteiger partial charge in [-0.2, -0.15) is 0 Å². The molecular formula is C6H8BrNO3S. The monoisotopic (exact) mass is 253 g/mol. The van der Waals surface area contributed by atoms with E-state index in [0.717, 1.165) is 5.41 Å². The van der Waals surface area contributed by atoms with Crippen LogP contribution in [0.25, 0.3) is 0 Å². The number of sulfone groups is 1. The van der Waals surface area contributed by atoms with Crippen molar-refractivity contribution in [3.8, 4) is 0 Å². The summed E-state index contributed by atoms with van der Waals surface area (Å²) in [6.07, 6.45) is 1.48. The van der Waals surface area contributed by atoms with Crippen molar-refractivity contribution in [2.75, 3.05) is 11.1 Å². The standard InChI is InChI=1S/C6H8BrNO3S/c7-3-6(9)8-5-1-2-12(10,11)4-5/h1-2,5H,3-4H2,(H,8,9). The number of halogens is 1. The van der Waals surface area contributed by atoms with Crippen molar-refractivity contribution in [3.63, 3.8) is 0 Å². The van der Waals surface area contributed by atoms with E-state index in [1.54, 1.807) is 0 Å². The molecule has 1 amide bonds. The Labute approximate surface area is 79.1 Å². The van der Waals surface area contributed by atoms with Crippen molar-refractivity contribution in [1.82, 2.24) is 5.32 Å². The van der Waals surface area contributed by atoms with E-state index < -0.39 is 9.84 Å². The molecule has 0 aliphatic carbocycles. The number of carbonyl (C=O) groups excluding carboxylic acids is 1. The largest absolute Gasteiger partial charge is 0.348 e. The van der Waals surface area contributed by atoms with Gasteiger partial charge in [-0.25, -0.2) is 8.42 Å². The van der Waals surface area contributed by atoms with Crippen LogP contribution in [0.4, 0.5) is 0 Å². The Bertz CT molecular complexity index is 309. The average Bonchev–Trinajstić information content (AvgIpc) is 2.30. The van der Waals surface area contributed by atoms with Crippen LogP contribution in [0.15, 0.2) is 11.5 Å². The highest BCUT2D eigenvalue weighted by atomic mass is 79.9. The molecule has 0 spiro atoms. The molecule has 0 radical (unpaired) electrons. The molecule has 0 aromatic rings. The van der Waals surface area contributed by atoms with Gasteiger partial charge < -0.3 is 5.32 Å². The average molecular weight is 254 g/mol. The molecule has 0 aromatic heterocycles. The molecule has 1 atom stereocenters. The summed E-state index contributed by atoms with van der Waals surface area (Å²) >= 11 is 2.97. The minimum absolute atomic E-state index is 0.0221. The summed E-state index contributed by atoms with van der Waals surface area (Å²) < 4.78 is 21.7. The van der Waals surface area contributed by atoms with E-state index in [9.17, 15) is 13.2 Å². The Morgan fingerprint density at radius 2 is 2.33 bits per heavy atom. The van der Waals surface area contributed by atoms with E-state index in [2.05, 4.69) is 21.2 Å². The van der Waals surface area contributed by atoms with Crippen molar-refractivity contribution in [3.05, 3.63) is 11.5 Å². The fraction of sp³-hybridized carbons (Fsp3) is 0.500. The minimum Gasteiger partial charge on any atom is -0.348 e. The first-order valence-electron chi connectivity index (χ1n) is 3.30. The molecule has 4 nitrogen and oxygen atoms in total. The Hall–Kier alpha value is -0.360. The van der Waals surface area contributed by atoms with Gasteiger partial charge >= 0.3 is 0 Å². The molecule has 0 aromatic carbocycles. The maximum Gasteiger partial charge on any atom is 0.231 e. The third-order valence-corrected chi connectivity index (χ3v) is 3.30. The summed E-state index contributed by atoms with van der Waals surface area (Å²) in [5, 5.41) is 3.86. The minimum atomic E-state index is -3.06. The van der Waals surface area contributed by atoms with Crippen molar-refractivity contribution in [2.45, 2.75) is 6.04 Å². The first-order chi connectivity index (χ1) is 5.53. The second-order valence-electron chi connectivity index (χ2n) is 2.47. The molecule has 1 aliphatic rings. The third kappa shape index (κ3) is 2.60. The SMILES string of the molecule is O=C(CBr)NC1C=CS(=O)(=O)C1.